The van der Waals surface area contributed by atoms with Crippen molar-refractivity contribution in [3.8, 4) is 11.5 Å². The summed E-state index contributed by atoms with van der Waals surface area (Å²) < 4.78 is 34.1. The highest BCUT2D eigenvalue weighted by Crippen LogP contribution is 2.29. The van der Waals surface area contributed by atoms with E-state index in [9.17, 15) is 18.4 Å². The van der Waals surface area contributed by atoms with Gasteiger partial charge in [-0.2, -0.15) is 8.78 Å². The third-order valence-electron chi connectivity index (χ3n) is 3.66. The number of alkyl halides is 2. The van der Waals surface area contributed by atoms with E-state index in [4.69, 9.17) is 4.74 Å². The lowest BCUT2D eigenvalue weighted by molar-refractivity contribution is -0.116. The molecule has 0 spiro atoms. The van der Waals surface area contributed by atoms with Crippen molar-refractivity contribution in [2.24, 2.45) is 5.92 Å². The van der Waals surface area contributed by atoms with E-state index in [0.29, 0.717) is 17.8 Å². The fraction of sp³-hybridized carbons (Fsp3) is 0.300. The van der Waals surface area contributed by atoms with E-state index < -0.39 is 12.5 Å². The molecule has 2 rings (SSSR count). The molecule has 2 N–H and O–H groups in total. The second kappa shape index (κ2) is 9.68. The van der Waals surface area contributed by atoms with Gasteiger partial charge < -0.3 is 20.1 Å². The summed E-state index contributed by atoms with van der Waals surface area (Å²) in [5.41, 5.74) is 1.35. The van der Waals surface area contributed by atoms with Crippen LogP contribution >= 0.6 is 0 Å². The Labute approximate surface area is 161 Å². The summed E-state index contributed by atoms with van der Waals surface area (Å²) in [6, 6.07) is 10.6. The van der Waals surface area contributed by atoms with Crippen molar-refractivity contribution in [1.82, 2.24) is 0 Å². The Morgan fingerprint density at radius 3 is 2.11 bits per heavy atom. The Hall–Kier alpha value is -3.16. The van der Waals surface area contributed by atoms with Crippen LogP contribution in [0.15, 0.2) is 42.5 Å². The maximum absolute atomic E-state index is 12.4. The molecule has 6 nitrogen and oxygen atoms in total. The van der Waals surface area contributed by atoms with Crippen molar-refractivity contribution in [3.63, 3.8) is 0 Å². The molecule has 0 aliphatic heterocycles. The zero-order valence-electron chi connectivity index (χ0n) is 15.8. The van der Waals surface area contributed by atoms with Gasteiger partial charge in [0.25, 0.3) is 5.91 Å². The topological polar surface area (TPSA) is 76.7 Å². The summed E-state index contributed by atoms with van der Waals surface area (Å²) in [5, 5.41) is 5.47. The minimum absolute atomic E-state index is 0.0242. The van der Waals surface area contributed by atoms with Gasteiger partial charge in [0.05, 0.1) is 7.11 Å². The van der Waals surface area contributed by atoms with Crippen LogP contribution in [-0.4, -0.2) is 25.5 Å². The van der Waals surface area contributed by atoms with Crippen LogP contribution < -0.4 is 20.1 Å². The number of anilines is 2. The van der Waals surface area contributed by atoms with E-state index >= 15 is 0 Å². The number of halogens is 2. The number of methoxy groups -OCH3 is 1. The SMILES string of the molecule is COc1cc(C(=O)Nc2ccc(NC(=O)CC(C)C)cc2)ccc1OC(F)F. The highest BCUT2D eigenvalue weighted by Gasteiger charge is 2.14. The fourth-order valence-electron chi connectivity index (χ4n) is 2.43. The van der Waals surface area contributed by atoms with Crippen molar-refractivity contribution in [2.75, 3.05) is 17.7 Å². The molecule has 0 aliphatic carbocycles. The average Bonchev–Trinajstić information content (AvgIpc) is 2.62. The lowest BCUT2D eigenvalue weighted by Crippen LogP contribution is -2.14. The first-order valence-electron chi connectivity index (χ1n) is 8.62. The molecule has 0 bridgehead atoms. The zero-order chi connectivity index (χ0) is 20.7. The summed E-state index contributed by atoms with van der Waals surface area (Å²) in [7, 11) is 1.29. The lowest BCUT2D eigenvalue weighted by atomic mass is 10.1. The molecule has 0 fully saturated rings. The molecule has 0 atom stereocenters. The monoisotopic (exact) mass is 392 g/mol. The molecule has 28 heavy (non-hydrogen) atoms. The first kappa shape index (κ1) is 21.1. The van der Waals surface area contributed by atoms with Crippen LogP contribution in [0.2, 0.25) is 0 Å². The quantitative estimate of drug-likeness (QED) is 0.692. The highest BCUT2D eigenvalue weighted by atomic mass is 19.3. The van der Waals surface area contributed by atoms with Crippen LogP contribution in [-0.2, 0) is 4.79 Å². The number of ether oxygens (including phenoxy) is 2. The van der Waals surface area contributed by atoms with Gasteiger partial charge in [-0.05, 0) is 48.4 Å². The summed E-state index contributed by atoms with van der Waals surface area (Å²) >= 11 is 0. The lowest BCUT2D eigenvalue weighted by Gasteiger charge is -2.12. The maximum Gasteiger partial charge on any atom is 0.387 e. The summed E-state index contributed by atoms with van der Waals surface area (Å²) in [4.78, 5) is 24.1. The van der Waals surface area contributed by atoms with Crippen molar-refractivity contribution < 1.29 is 27.8 Å². The summed E-state index contributed by atoms with van der Waals surface area (Å²) in [6.07, 6.45) is 0.422. The number of carbonyl (C=O) groups is 2. The Morgan fingerprint density at radius 1 is 0.964 bits per heavy atom. The van der Waals surface area contributed by atoms with Crippen molar-refractivity contribution in [1.29, 1.82) is 0 Å². The molecule has 2 aromatic rings. The number of carbonyl (C=O) groups excluding carboxylic acids is 2. The van der Waals surface area contributed by atoms with Crippen LogP contribution in [0.5, 0.6) is 11.5 Å². The van der Waals surface area contributed by atoms with Gasteiger partial charge in [-0.1, -0.05) is 13.8 Å². The van der Waals surface area contributed by atoms with Gasteiger partial charge in [-0.25, -0.2) is 0 Å². The van der Waals surface area contributed by atoms with E-state index in [0.717, 1.165) is 0 Å². The molecule has 2 aromatic carbocycles. The van der Waals surface area contributed by atoms with E-state index in [1.54, 1.807) is 24.3 Å². The molecule has 0 heterocycles. The van der Waals surface area contributed by atoms with E-state index in [2.05, 4.69) is 15.4 Å². The normalized spacial score (nSPS) is 10.7. The fourth-order valence-corrected chi connectivity index (χ4v) is 2.43. The third-order valence-corrected chi connectivity index (χ3v) is 3.66. The highest BCUT2D eigenvalue weighted by molar-refractivity contribution is 6.04. The van der Waals surface area contributed by atoms with E-state index in [1.165, 1.54) is 25.3 Å². The molecule has 8 heteroatoms. The Kier molecular flexibility index (Phi) is 7.31. The van der Waals surface area contributed by atoms with Crippen molar-refractivity contribution in [2.45, 2.75) is 26.9 Å². The maximum atomic E-state index is 12.4. The van der Waals surface area contributed by atoms with Crippen LogP contribution in [0.4, 0.5) is 20.2 Å². The van der Waals surface area contributed by atoms with Gasteiger partial charge in [0.1, 0.15) is 0 Å². The predicted molar refractivity (Wildman–Crippen MR) is 102 cm³/mol. The Morgan fingerprint density at radius 2 is 1.57 bits per heavy atom. The van der Waals surface area contributed by atoms with Gasteiger partial charge in [0.15, 0.2) is 11.5 Å². The number of nitrogens with one attached hydrogen (secondary N) is 2. The van der Waals surface area contributed by atoms with Gasteiger partial charge >= 0.3 is 6.61 Å². The van der Waals surface area contributed by atoms with Crippen LogP contribution in [0.3, 0.4) is 0 Å². The van der Waals surface area contributed by atoms with E-state index in [1.807, 2.05) is 13.8 Å². The Balaban J connectivity index is 2.03. The minimum Gasteiger partial charge on any atom is -0.493 e. The molecule has 0 aromatic heterocycles. The first-order valence-corrected chi connectivity index (χ1v) is 8.62. The predicted octanol–water partition coefficient (Wildman–Crippen LogP) is 4.53. The molecular weight excluding hydrogens is 370 g/mol. The van der Waals surface area contributed by atoms with Crippen molar-refractivity contribution >= 4 is 23.2 Å². The molecule has 0 saturated carbocycles. The number of hydrogen-bond acceptors (Lipinski definition) is 4. The molecule has 2 amide bonds. The molecule has 0 unspecified atom stereocenters. The summed E-state index contributed by atoms with van der Waals surface area (Å²) in [6.45, 7) is 0.923. The van der Waals surface area contributed by atoms with Crippen molar-refractivity contribution in [3.05, 3.63) is 48.0 Å². The first-order chi connectivity index (χ1) is 13.3. The second-order valence-electron chi connectivity index (χ2n) is 6.42. The van der Waals surface area contributed by atoms with E-state index in [-0.39, 0.29) is 28.9 Å². The average molecular weight is 392 g/mol. The smallest absolute Gasteiger partial charge is 0.387 e. The molecule has 0 saturated heterocycles. The number of amides is 2. The van der Waals surface area contributed by atoms with Gasteiger partial charge in [0, 0.05) is 23.4 Å². The van der Waals surface area contributed by atoms with Gasteiger partial charge in [-0.15, -0.1) is 0 Å². The molecular formula is C20H22F2N2O4. The van der Waals surface area contributed by atoms with Crippen LogP contribution in [0, 0.1) is 5.92 Å². The number of rotatable bonds is 8. The number of benzene rings is 2. The number of hydrogen-bond donors (Lipinski definition) is 2. The van der Waals surface area contributed by atoms with Crippen LogP contribution in [0.1, 0.15) is 30.6 Å². The van der Waals surface area contributed by atoms with Gasteiger partial charge in [-0.3, -0.25) is 9.59 Å². The standard InChI is InChI=1S/C20H22F2N2O4/c1-12(2)10-18(25)23-14-5-7-15(8-6-14)24-19(26)13-4-9-16(28-20(21)22)17(11-13)27-3/h4-9,11-12,20H,10H2,1-3H3,(H,23,25)(H,24,26). The van der Waals surface area contributed by atoms with Crippen LogP contribution in [0.25, 0.3) is 0 Å². The third kappa shape index (κ3) is 6.22. The molecule has 150 valence electrons. The largest absolute Gasteiger partial charge is 0.493 e. The Bertz CT molecular complexity index is 823. The zero-order valence-corrected chi connectivity index (χ0v) is 15.8. The minimum atomic E-state index is -2.99. The molecule has 0 aliphatic rings. The molecule has 0 radical (unpaired) electrons. The second-order valence-corrected chi connectivity index (χ2v) is 6.42. The van der Waals surface area contributed by atoms with Gasteiger partial charge in [0.2, 0.25) is 5.91 Å². The summed E-state index contributed by atoms with van der Waals surface area (Å²) in [5.74, 6) is -0.400.